The Morgan fingerprint density at radius 1 is 0.917 bits per heavy atom. The van der Waals surface area contributed by atoms with E-state index in [1.54, 1.807) is 0 Å². The van der Waals surface area contributed by atoms with Gasteiger partial charge in [0.2, 0.25) is 5.03 Å². The smallest absolute Gasteiger partial charge is 0.212 e. The monoisotopic (exact) mass is 182 g/mol. The average Bonchev–Trinajstić information content (AvgIpc) is 1.83. The lowest BCUT2D eigenvalue weighted by atomic mass is 12.0. The third-order valence-corrected chi connectivity index (χ3v) is 0.516. The molecule has 0 aromatic rings. The lowest BCUT2D eigenvalue weighted by molar-refractivity contribution is -0.814. The van der Waals surface area contributed by atoms with Crippen LogP contribution in [0, 0.1) is 30.3 Å². The number of hydrogen-bond acceptors (Lipinski definition) is 6. The number of rotatable bonds is 5. The Morgan fingerprint density at radius 3 is 1.42 bits per heavy atom. The van der Waals surface area contributed by atoms with Gasteiger partial charge in [0.05, 0.1) is 0 Å². The van der Waals surface area contributed by atoms with Crippen molar-refractivity contribution in [3.05, 3.63) is 30.3 Å². The molecular weight excluding hydrogens is 180 g/mol. The molecule has 0 aromatic heterocycles. The van der Waals surface area contributed by atoms with Gasteiger partial charge in [-0.1, -0.05) is 0 Å². The molecule has 0 radical (unpaired) electrons. The topological polar surface area (TPSA) is 157 Å². The van der Waals surface area contributed by atoms with Crippen molar-refractivity contribution in [3.63, 3.8) is 0 Å². The normalized spacial score (nSPS) is 8.33. The Morgan fingerprint density at radius 2 is 1.25 bits per heavy atom. The first-order valence-electron chi connectivity index (χ1n) is 2.19. The highest BCUT2D eigenvalue weighted by Crippen LogP contribution is 1.75. The summed E-state index contributed by atoms with van der Waals surface area (Å²) in [5, 5.41) is 24.2. The van der Waals surface area contributed by atoms with Gasteiger partial charge in [-0.2, -0.15) is 0 Å². The summed E-state index contributed by atoms with van der Waals surface area (Å²) < 4.78 is 0. The van der Waals surface area contributed by atoms with Crippen molar-refractivity contribution < 1.29 is 15.1 Å². The molecular formula is H2N6O6. The van der Waals surface area contributed by atoms with E-state index >= 15 is 0 Å². The molecule has 0 saturated carbocycles. The fraction of sp³-hybridized carbons (Fsp3) is 0. The molecule has 0 unspecified atom stereocenters. The molecule has 0 fully saturated rings. The minimum Gasteiger partial charge on any atom is -0.233 e. The van der Waals surface area contributed by atoms with E-state index < -0.39 is 20.3 Å². The Kier molecular flexibility index (Phi) is 2.95. The summed E-state index contributed by atoms with van der Waals surface area (Å²) in [4.78, 5) is 28.9. The molecule has 12 nitrogen and oxygen atoms in total. The summed E-state index contributed by atoms with van der Waals surface area (Å²) in [7, 11) is 0. The van der Waals surface area contributed by atoms with Crippen LogP contribution in [0.25, 0.3) is 0 Å². The predicted octanol–water partition coefficient (Wildman–Crippen LogP) is -2.13. The maximum atomic E-state index is 9.77. The first kappa shape index (κ1) is 9.60. The van der Waals surface area contributed by atoms with Gasteiger partial charge >= 0.3 is 0 Å². The summed E-state index contributed by atoms with van der Waals surface area (Å²) >= 11 is 0. The van der Waals surface area contributed by atoms with Gasteiger partial charge < -0.3 is 0 Å². The molecule has 0 aromatic carbocycles. The number of nitrogens with one attached hydrogen (secondary N) is 2. The highest BCUT2D eigenvalue weighted by atomic mass is 16.8. The molecule has 12 heavy (non-hydrogen) atoms. The van der Waals surface area contributed by atoms with Crippen LogP contribution in [0.5, 0.6) is 0 Å². The van der Waals surface area contributed by atoms with E-state index in [1.807, 2.05) is 0 Å². The standard InChI is InChI=1S/H2N6O6/c7-4(8)1-3(6(11)12)2-5(9)10/h1-2H. The fourth-order valence-electron chi connectivity index (χ4n) is 0.250. The quantitative estimate of drug-likeness (QED) is 0.357. The van der Waals surface area contributed by atoms with Gasteiger partial charge in [-0.25, -0.2) is 30.3 Å². The summed E-state index contributed by atoms with van der Waals surface area (Å²) in [6.45, 7) is 0. The number of nitrogens with zero attached hydrogens (tertiary/aromatic N) is 4. The number of nitro groups is 3. The molecule has 0 rings (SSSR count). The van der Waals surface area contributed by atoms with Crippen LogP contribution in [-0.2, 0) is 0 Å². The van der Waals surface area contributed by atoms with Crippen molar-refractivity contribution in [2.75, 3.05) is 0 Å². The lowest BCUT2D eigenvalue weighted by Crippen LogP contribution is -2.55. The van der Waals surface area contributed by atoms with Crippen LogP contribution in [0.2, 0.25) is 0 Å². The van der Waals surface area contributed by atoms with Crippen molar-refractivity contribution in [1.82, 2.24) is 16.3 Å². The zero-order valence-electron chi connectivity index (χ0n) is 5.24. The Bertz CT molecular complexity index is 192. The fourth-order valence-corrected chi connectivity index (χ4v) is 0.250. The Balaban J connectivity index is 4.14. The second-order valence-corrected chi connectivity index (χ2v) is 1.26. The average molecular weight is 182 g/mol. The maximum absolute atomic E-state index is 9.77. The molecule has 0 aliphatic carbocycles. The molecule has 0 saturated heterocycles. The highest BCUT2D eigenvalue weighted by molar-refractivity contribution is 4.06. The van der Waals surface area contributed by atoms with Gasteiger partial charge in [-0.3, -0.25) is 0 Å². The van der Waals surface area contributed by atoms with E-state index in [0.717, 1.165) is 11.1 Å². The van der Waals surface area contributed by atoms with Gasteiger partial charge in [0, 0.05) is 11.1 Å². The minimum atomic E-state index is -1.41. The van der Waals surface area contributed by atoms with E-state index in [0.29, 0.717) is 0 Å². The first-order chi connectivity index (χ1) is 5.43. The van der Waals surface area contributed by atoms with Crippen molar-refractivity contribution in [2.24, 2.45) is 0 Å². The van der Waals surface area contributed by atoms with Gasteiger partial charge in [-0.05, 0) is 0 Å². The van der Waals surface area contributed by atoms with Gasteiger partial charge in [0.1, 0.15) is 0 Å². The van der Waals surface area contributed by atoms with E-state index in [2.05, 4.69) is 0 Å². The second kappa shape index (κ2) is 3.69. The Labute approximate surface area is 63.0 Å². The van der Waals surface area contributed by atoms with Crippen molar-refractivity contribution in [2.45, 2.75) is 0 Å². The third kappa shape index (κ3) is 3.59. The predicted molar refractivity (Wildman–Crippen MR) is 29.1 cm³/mol. The first-order valence-corrected chi connectivity index (χ1v) is 2.19. The number of hydrogen-bond donors (Lipinski definition) is 2. The molecule has 0 spiro atoms. The van der Waals surface area contributed by atoms with Crippen LogP contribution in [0.4, 0.5) is 0 Å². The van der Waals surface area contributed by atoms with Crippen molar-refractivity contribution >= 4 is 0 Å². The zero-order valence-corrected chi connectivity index (χ0v) is 5.24. The van der Waals surface area contributed by atoms with Gasteiger partial charge in [0.15, 0.2) is 15.3 Å². The van der Waals surface area contributed by atoms with E-state index in [4.69, 9.17) is 0 Å². The van der Waals surface area contributed by atoms with Gasteiger partial charge in [0.25, 0.3) is 0 Å². The Hall–Kier alpha value is -2.40. The molecule has 0 amide bonds. The zero-order chi connectivity index (χ0) is 9.72. The molecule has 0 bridgehead atoms. The summed E-state index contributed by atoms with van der Waals surface area (Å²) in [5.41, 5.74) is 1.83. The van der Waals surface area contributed by atoms with Crippen molar-refractivity contribution in [3.8, 4) is 0 Å². The van der Waals surface area contributed by atoms with Crippen LogP contribution >= 0.6 is 0 Å². The highest BCUT2D eigenvalue weighted by Gasteiger charge is 2.24. The summed E-state index contributed by atoms with van der Waals surface area (Å²) in [6, 6.07) is 0. The van der Waals surface area contributed by atoms with Crippen LogP contribution in [0.3, 0.4) is 0 Å². The van der Waals surface area contributed by atoms with Crippen molar-refractivity contribution in [1.29, 1.82) is 0 Å². The molecule has 0 aliphatic heterocycles. The summed E-state index contributed by atoms with van der Waals surface area (Å²) in [5.74, 6) is 0. The maximum Gasteiger partial charge on any atom is 0.212 e. The SMILES string of the molecule is O=[N+]([O-])NN(N[N+](=O)[O-])[N+](=O)[O-]. The van der Waals surface area contributed by atoms with Crippen LogP contribution in [-0.4, -0.2) is 20.3 Å². The molecule has 12 heteroatoms. The summed E-state index contributed by atoms with van der Waals surface area (Å²) in [6.07, 6.45) is 0. The number of hydrazine groups is 5. The lowest BCUT2D eigenvalue weighted by Gasteiger charge is -2.02. The molecule has 2 N–H and O–H groups in total. The molecule has 0 aliphatic rings. The second-order valence-electron chi connectivity index (χ2n) is 1.26. The van der Waals surface area contributed by atoms with Crippen LogP contribution in [0.1, 0.15) is 0 Å². The minimum absolute atomic E-state index is 0.611. The van der Waals surface area contributed by atoms with E-state index in [1.165, 1.54) is 0 Å². The molecule has 0 atom stereocenters. The molecule has 68 valence electrons. The van der Waals surface area contributed by atoms with Crippen LogP contribution in [0.15, 0.2) is 0 Å². The largest absolute Gasteiger partial charge is 0.233 e. The third-order valence-electron chi connectivity index (χ3n) is 0.516. The van der Waals surface area contributed by atoms with E-state index in [-0.39, 0.29) is 0 Å². The molecule has 0 heterocycles. The van der Waals surface area contributed by atoms with E-state index in [9.17, 15) is 30.3 Å². The van der Waals surface area contributed by atoms with Gasteiger partial charge in [-0.15, -0.1) is 0 Å². The van der Waals surface area contributed by atoms with Crippen LogP contribution < -0.4 is 11.1 Å².